The monoisotopic (exact) mass is 406 g/mol. The quantitative estimate of drug-likeness (QED) is 0.786. The van der Waals surface area contributed by atoms with Crippen molar-refractivity contribution in [2.75, 3.05) is 40.4 Å². The Kier molecular flexibility index (Phi) is 9.71. The highest BCUT2D eigenvalue weighted by Gasteiger charge is 2.38. The summed E-state index contributed by atoms with van der Waals surface area (Å²) in [5, 5.41) is 13.4. The number of halogens is 5. The van der Waals surface area contributed by atoms with Crippen molar-refractivity contribution in [3.8, 4) is 17.2 Å². The van der Waals surface area contributed by atoms with Gasteiger partial charge in [-0.1, -0.05) is 0 Å². The number of aromatic hydroxyl groups is 1. The zero-order chi connectivity index (χ0) is 17.0. The van der Waals surface area contributed by atoms with Crippen LogP contribution in [0.15, 0.2) is 12.1 Å². The first-order chi connectivity index (χ1) is 10.9. The molecular weight excluding hydrogens is 384 g/mol. The standard InChI is InChI=1S/C15H21F3N2O3.2ClH/c1-22-10-7-12(21)14(13(8-10)23-2)11(9-15(16,17)18)20-5-3-19-4-6-20;;/h7-8,11,19,21H,3-6,9H2,1-2H3;2*1H/t11-;;/m0../s1. The first kappa shape index (κ1) is 23.9. The molecule has 0 unspecified atom stereocenters. The van der Waals surface area contributed by atoms with Gasteiger partial charge in [-0.2, -0.15) is 13.2 Å². The Morgan fingerprint density at radius 2 is 1.76 bits per heavy atom. The van der Waals surface area contributed by atoms with Gasteiger partial charge in [0, 0.05) is 38.3 Å². The Morgan fingerprint density at radius 1 is 1.16 bits per heavy atom. The van der Waals surface area contributed by atoms with Crippen LogP contribution in [0.5, 0.6) is 17.2 Å². The Labute approximate surface area is 157 Å². The fourth-order valence-electron chi connectivity index (χ4n) is 2.84. The predicted octanol–water partition coefficient (Wildman–Crippen LogP) is 3.15. The second-order valence-electron chi connectivity index (χ2n) is 5.38. The third-order valence-corrected chi connectivity index (χ3v) is 3.90. The second kappa shape index (κ2) is 10.2. The minimum Gasteiger partial charge on any atom is -0.507 e. The molecule has 1 aromatic rings. The third-order valence-electron chi connectivity index (χ3n) is 3.90. The zero-order valence-electron chi connectivity index (χ0n) is 13.9. The van der Waals surface area contributed by atoms with E-state index < -0.39 is 18.6 Å². The molecule has 0 aromatic heterocycles. The van der Waals surface area contributed by atoms with Crippen LogP contribution >= 0.6 is 24.8 Å². The van der Waals surface area contributed by atoms with Crippen LogP contribution in [0.25, 0.3) is 0 Å². The minimum absolute atomic E-state index is 0. The Balaban J connectivity index is 0.00000288. The van der Waals surface area contributed by atoms with Gasteiger partial charge in [0.15, 0.2) is 0 Å². The van der Waals surface area contributed by atoms with Gasteiger partial charge in [0.05, 0.1) is 32.2 Å². The summed E-state index contributed by atoms with van der Waals surface area (Å²) >= 11 is 0. The van der Waals surface area contributed by atoms with E-state index in [-0.39, 0.29) is 41.9 Å². The lowest BCUT2D eigenvalue weighted by atomic mass is 9.98. The van der Waals surface area contributed by atoms with E-state index in [0.29, 0.717) is 31.9 Å². The number of benzene rings is 1. The number of alkyl halides is 3. The molecule has 1 aliphatic heterocycles. The van der Waals surface area contributed by atoms with Crippen LogP contribution in [0.4, 0.5) is 13.2 Å². The van der Waals surface area contributed by atoms with Crippen LogP contribution < -0.4 is 14.8 Å². The van der Waals surface area contributed by atoms with Crippen LogP contribution in [0.3, 0.4) is 0 Å². The van der Waals surface area contributed by atoms with Gasteiger partial charge in [0.25, 0.3) is 0 Å². The van der Waals surface area contributed by atoms with Gasteiger partial charge in [0.1, 0.15) is 17.2 Å². The highest BCUT2D eigenvalue weighted by Crippen LogP contribution is 2.44. The van der Waals surface area contributed by atoms with E-state index in [2.05, 4.69) is 5.32 Å². The minimum atomic E-state index is -4.35. The number of nitrogens with one attached hydrogen (secondary N) is 1. The smallest absolute Gasteiger partial charge is 0.390 e. The van der Waals surface area contributed by atoms with Gasteiger partial charge in [0.2, 0.25) is 0 Å². The van der Waals surface area contributed by atoms with Gasteiger partial charge >= 0.3 is 6.18 Å². The van der Waals surface area contributed by atoms with Gasteiger partial charge in [-0.15, -0.1) is 24.8 Å². The van der Waals surface area contributed by atoms with Crippen molar-refractivity contribution in [1.82, 2.24) is 10.2 Å². The van der Waals surface area contributed by atoms with E-state index >= 15 is 0 Å². The summed E-state index contributed by atoms with van der Waals surface area (Å²) in [6, 6.07) is 1.79. The van der Waals surface area contributed by atoms with Crippen LogP contribution in [-0.4, -0.2) is 56.6 Å². The van der Waals surface area contributed by atoms with Gasteiger partial charge in [-0.3, -0.25) is 4.90 Å². The van der Waals surface area contributed by atoms with Crippen molar-refractivity contribution in [1.29, 1.82) is 0 Å². The summed E-state index contributed by atoms with van der Waals surface area (Å²) in [5.74, 6) is 0.262. The van der Waals surface area contributed by atoms with Gasteiger partial charge in [-0.05, 0) is 0 Å². The number of hydrogen-bond donors (Lipinski definition) is 2. The van der Waals surface area contributed by atoms with Crippen molar-refractivity contribution < 1.29 is 27.8 Å². The van der Waals surface area contributed by atoms with E-state index in [1.165, 1.54) is 26.4 Å². The third kappa shape index (κ3) is 6.29. The van der Waals surface area contributed by atoms with Gasteiger partial charge < -0.3 is 19.9 Å². The number of phenolic OH excluding ortho intramolecular Hbond substituents is 1. The number of ether oxygens (including phenoxy) is 2. The Morgan fingerprint density at radius 3 is 2.24 bits per heavy atom. The molecule has 1 aliphatic rings. The summed E-state index contributed by atoms with van der Waals surface area (Å²) in [5.41, 5.74) is 0.146. The van der Waals surface area contributed by atoms with Crippen molar-refractivity contribution >= 4 is 24.8 Å². The maximum Gasteiger partial charge on any atom is 0.390 e. The molecule has 0 saturated carbocycles. The topological polar surface area (TPSA) is 54.0 Å². The summed E-state index contributed by atoms with van der Waals surface area (Å²) in [7, 11) is 2.78. The molecule has 10 heteroatoms. The molecule has 1 aromatic carbocycles. The lowest BCUT2D eigenvalue weighted by molar-refractivity contribution is -0.149. The highest BCUT2D eigenvalue weighted by molar-refractivity contribution is 5.85. The molecule has 25 heavy (non-hydrogen) atoms. The number of piperazine rings is 1. The van der Waals surface area contributed by atoms with E-state index in [1.54, 1.807) is 4.90 Å². The molecule has 0 spiro atoms. The number of methoxy groups -OCH3 is 2. The fraction of sp³-hybridized carbons (Fsp3) is 0.600. The zero-order valence-corrected chi connectivity index (χ0v) is 15.6. The molecule has 2 rings (SSSR count). The second-order valence-corrected chi connectivity index (χ2v) is 5.38. The average Bonchev–Trinajstić information content (AvgIpc) is 2.52. The lowest BCUT2D eigenvalue weighted by Gasteiger charge is -2.36. The number of hydrogen-bond acceptors (Lipinski definition) is 5. The Hall–Kier alpha value is -1.09. The molecule has 1 fully saturated rings. The number of phenols is 1. The number of nitrogens with zero attached hydrogens (tertiary/aromatic N) is 1. The molecule has 1 atom stereocenters. The maximum absolute atomic E-state index is 13.1. The molecule has 1 heterocycles. The van der Waals surface area contributed by atoms with Crippen LogP contribution in [-0.2, 0) is 0 Å². The summed E-state index contributed by atoms with van der Waals surface area (Å²) in [4.78, 5) is 1.72. The SMILES string of the molecule is COc1cc(O)c([C@H](CC(F)(F)F)N2CCNCC2)c(OC)c1.Cl.Cl. The summed E-state index contributed by atoms with van der Waals surface area (Å²) in [6.07, 6.45) is -5.41. The number of rotatable bonds is 5. The summed E-state index contributed by atoms with van der Waals surface area (Å²) < 4.78 is 49.4. The molecule has 2 N–H and O–H groups in total. The molecule has 5 nitrogen and oxygen atoms in total. The fourth-order valence-corrected chi connectivity index (χ4v) is 2.84. The molecule has 146 valence electrons. The van der Waals surface area contributed by atoms with E-state index in [0.717, 1.165) is 0 Å². The normalized spacial score (nSPS) is 16.4. The molecular formula is C15H23Cl2F3N2O3. The Bertz CT molecular complexity index is 541. The van der Waals surface area contributed by atoms with Crippen molar-refractivity contribution in [3.63, 3.8) is 0 Å². The largest absolute Gasteiger partial charge is 0.507 e. The van der Waals surface area contributed by atoms with Crippen LogP contribution in [0.2, 0.25) is 0 Å². The molecule has 0 radical (unpaired) electrons. The molecule has 0 aliphatic carbocycles. The van der Waals surface area contributed by atoms with Crippen molar-refractivity contribution in [2.45, 2.75) is 18.6 Å². The lowest BCUT2D eigenvalue weighted by Crippen LogP contribution is -2.46. The van der Waals surface area contributed by atoms with E-state index in [4.69, 9.17) is 9.47 Å². The van der Waals surface area contributed by atoms with Crippen molar-refractivity contribution in [2.24, 2.45) is 0 Å². The van der Waals surface area contributed by atoms with E-state index in [1.807, 2.05) is 0 Å². The van der Waals surface area contributed by atoms with Crippen LogP contribution in [0.1, 0.15) is 18.0 Å². The predicted molar refractivity (Wildman–Crippen MR) is 93.6 cm³/mol. The summed E-state index contributed by atoms with van der Waals surface area (Å²) in [6.45, 7) is 2.14. The average molecular weight is 407 g/mol. The molecule has 1 saturated heterocycles. The molecule has 0 bridgehead atoms. The first-order valence-electron chi connectivity index (χ1n) is 7.32. The molecule has 0 amide bonds. The highest BCUT2D eigenvalue weighted by atomic mass is 35.5. The maximum atomic E-state index is 13.1. The first-order valence-corrected chi connectivity index (χ1v) is 7.32. The van der Waals surface area contributed by atoms with Crippen LogP contribution in [0, 0.1) is 0 Å². The van der Waals surface area contributed by atoms with Crippen molar-refractivity contribution in [3.05, 3.63) is 17.7 Å². The van der Waals surface area contributed by atoms with E-state index in [9.17, 15) is 18.3 Å². The van der Waals surface area contributed by atoms with Gasteiger partial charge in [-0.25, -0.2) is 0 Å².